The minimum atomic E-state index is -0.378. The van der Waals surface area contributed by atoms with Crippen LogP contribution < -0.4 is 15.1 Å². The lowest BCUT2D eigenvalue weighted by Crippen LogP contribution is -2.61. The van der Waals surface area contributed by atoms with Crippen molar-refractivity contribution in [2.24, 2.45) is 5.92 Å². The van der Waals surface area contributed by atoms with Crippen LogP contribution >= 0.6 is 0 Å². The number of nitrogens with one attached hydrogen (secondary N) is 1. The van der Waals surface area contributed by atoms with Crippen molar-refractivity contribution in [3.05, 3.63) is 63.7 Å². The number of benzene rings is 2. The lowest BCUT2D eigenvalue weighted by atomic mass is 9.83. The molecule has 2 atom stereocenters. The number of non-ortho nitro benzene ring substituents is 1. The number of para-hydroxylation sites is 1. The highest BCUT2D eigenvalue weighted by atomic mass is 16.6. The predicted molar refractivity (Wildman–Crippen MR) is 138 cm³/mol. The van der Waals surface area contributed by atoms with Gasteiger partial charge in [0.25, 0.3) is 5.69 Å². The molecule has 0 unspecified atom stereocenters. The van der Waals surface area contributed by atoms with E-state index in [1.807, 2.05) is 30.3 Å². The molecule has 2 saturated heterocycles. The summed E-state index contributed by atoms with van der Waals surface area (Å²) in [6, 6.07) is 14.8. The average Bonchev–Trinajstić information content (AvgIpc) is 2.92. The van der Waals surface area contributed by atoms with Gasteiger partial charge in [-0.2, -0.15) is 5.26 Å². The van der Waals surface area contributed by atoms with E-state index in [1.165, 1.54) is 19.3 Å². The molecule has 2 aromatic rings. The monoisotopic (exact) mass is 488 g/mol. The van der Waals surface area contributed by atoms with Crippen molar-refractivity contribution in [1.82, 2.24) is 10.2 Å². The second-order valence-corrected chi connectivity index (χ2v) is 9.91. The molecule has 3 heterocycles. The number of amides is 1. The van der Waals surface area contributed by atoms with Crippen LogP contribution in [0.15, 0.2) is 42.5 Å². The molecule has 1 N–H and O–H groups in total. The van der Waals surface area contributed by atoms with Gasteiger partial charge in [-0.1, -0.05) is 18.6 Å². The highest BCUT2D eigenvalue weighted by Crippen LogP contribution is 2.39. The summed E-state index contributed by atoms with van der Waals surface area (Å²) in [7, 11) is 0. The number of fused-ring (bicyclic) bond motifs is 3. The zero-order valence-electron chi connectivity index (χ0n) is 20.4. The summed E-state index contributed by atoms with van der Waals surface area (Å²) in [5.41, 5.74) is 3.38. The number of hydrogen-bond donors (Lipinski definition) is 1. The fourth-order valence-corrected chi connectivity index (χ4v) is 5.94. The van der Waals surface area contributed by atoms with Crippen LogP contribution in [0.1, 0.15) is 30.4 Å². The van der Waals surface area contributed by atoms with E-state index >= 15 is 0 Å². The maximum atomic E-state index is 13.5. The molecule has 9 nitrogen and oxygen atoms in total. The number of nitro benzene ring substituents is 1. The molecule has 2 aromatic carbocycles. The molecule has 0 aliphatic carbocycles. The van der Waals surface area contributed by atoms with Crippen LogP contribution in [0.3, 0.4) is 0 Å². The van der Waals surface area contributed by atoms with E-state index in [2.05, 4.69) is 26.1 Å². The van der Waals surface area contributed by atoms with Crippen molar-refractivity contribution >= 4 is 23.0 Å². The minimum absolute atomic E-state index is 0.00501. The van der Waals surface area contributed by atoms with Gasteiger partial charge in [0, 0.05) is 50.5 Å². The van der Waals surface area contributed by atoms with Gasteiger partial charge >= 0.3 is 0 Å². The summed E-state index contributed by atoms with van der Waals surface area (Å²) < 4.78 is 0. The number of likely N-dealkylation sites (tertiary alicyclic amines) is 1. The van der Waals surface area contributed by atoms with Gasteiger partial charge in [0.2, 0.25) is 5.91 Å². The molecule has 9 heteroatoms. The first-order valence-electron chi connectivity index (χ1n) is 12.8. The number of piperazine rings is 1. The van der Waals surface area contributed by atoms with E-state index in [-0.39, 0.29) is 28.5 Å². The molecule has 36 heavy (non-hydrogen) atoms. The van der Waals surface area contributed by atoms with Gasteiger partial charge in [-0.3, -0.25) is 14.9 Å². The third-order valence-corrected chi connectivity index (χ3v) is 7.78. The normalized spacial score (nSPS) is 21.8. The SMILES string of the molecule is N#Cc1ccccc1N1CCN2c3ccc([N+](=O)[O-])cc3C[C@@H](C(=O)NCCN3CCCCC3)[C@H]2C1. The van der Waals surface area contributed by atoms with E-state index in [0.29, 0.717) is 38.2 Å². The Morgan fingerprint density at radius 1 is 1.08 bits per heavy atom. The molecular weight excluding hydrogens is 456 g/mol. The second kappa shape index (κ2) is 10.5. The first-order chi connectivity index (χ1) is 17.5. The van der Waals surface area contributed by atoms with Gasteiger partial charge in [-0.05, 0) is 56.1 Å². The van der Waals surface area contributed by atoms with Crippen LogP contribution in [0.25, 0.3) is 0 Å². The predicted octanol–water partition coefficient (Wildman–Crippen LogP) is 2.94. The number of piperidine rings is 1. The van der Waals surface area contributed by atoms with Crippen LogP contribution in [0.4, 0.5) is 17.1 Å². The summed E-state index contributed by atoms with van der Waals surface area (Å²) in [6.45, 7) is 5.60. The maximum Gasteiger partial charge on any atom is 0.269 e. The number of nitro groups is 1. The van der Waals surface area contributed by atoms with Crippen molar-refractivity contribution in [2.45, 2.75) is 31.7 Å². The van der Waals surface area contributed by atoms with Crippen LogP contribution in [0.2, 0.25) is 0 Å². The molecule has 0 spiro atoms. The number of hydrogen-bond acceptors (Lipinski definition) is 7. The fraction of sp³-hybridized carbons (Fsp3) is 0.481. The Morgan fingerprint density at radius 2 is 1.89 bits per heavy atom. The number of nitrogens with zero attached hydrogens (tertiary/aromatic N) is 5. The smallest absolute Gasteiger partial charge is 0.269 e. The summed E-state index contributed by atoms with van der Waals surface area (Å²) in [4.78, 5) is 31.4. The number of carbonyl (C=O) groups is 1. The number of nitriles is 1. The van der Waals surface area contributed by atoms with Crippen molar-refractivity contribution < 1.29 is 9.72 Å². The van der Waals surface area contributed by atoms with Crippen LogP contribution in [0, 0.1) is 27.4 Å². The highest BCUT2D eigenvalue weighted by molar-refractivity contribution is 5.82. The van der Waals surface area contributed by atoms with E-state index in [4.69, 9.17) is 0 Å². The summed E-state index contributed by atoms with van der Waals surface area (Å²) in [6.07, 6.45) is 4.16. The van der Waals surface area contributed by atoms with Gasteiger partial charge < -0.3 is 20.0 Å². The van der Waals surface area contributed by atoms with Gasteiger partial charge in [0.15, 0.2) is 0 Å². The van der Waals surface area contributed by atoms with E-state index < -0.39 is 0 Å². The molecule has 0 aromatic heterocycles. The highest BCUT2D eigenvalue weighted by Gasteiger charge is 2.42. The maximum absolute atomic E-state index is 13.5. The van der Waals surface area contributed by atoms with Crippen molar-refractivity contribution in [1.29, 1.82) is 5.26 Å². The van der Waals surface area contributed by atoms with E-state index in [1.54, 1.807) is 12.1 Å². The van der Waals surface area contributed by atoms with Gasteiger partial charge in [-0.15, -0.1) is 0 Å². The van der Waals surface area contributed by atoms with Crippen LogP contribution in [0.5, 0.6) is 0 Å². The van der Waals surface area contributed by atoms with Gasteiger partial charge in [-0.25, -0.2) is 0 Å². The number of carbonyl (C=O) groups excluding carboxylic acids is 1. The first kappa shape index (κ1) is 24.1. The lowest BCUT2D eigenvalue weighted by molar-refractivity contribution is -0.384. The zero-order chi connectivity index (χ0) is 25.1. The summed E-state index contributed by atoms with van der Waals surface area (Å²) in [5.74, 6) is -0.340. The topological polar surface area (TPSA) is 106 Å². The van der Waals surface area contributed by atoms with Crippen molar-refractivity contribution in [2.75, 3.05) is 55.6 Å². The fourth-order valence-electron chi connectivity index (χ4n) is 5.94. The standard InChI is InChI=1S/C27H32N6O3/c28-18-20-6-2-3-7-24(20)31-14-15-32-25-9-8-22(33(35)36)16-21(25)17-23(26(32)19-31)27(34)29-10-13-30-11-4-1-5-12-30/h2-3,6-9,16,23,26H,1,4-5,10-15,17,19H2,(H,29,34)/t23-,26-/m1/s1. The Hall–Kier alpha value is -3.64. The van der Waals surface area contributed by atoms with E-state index in [9.17, 15) is 20.2 Å². The Balaban J connectivity index is 1.38. The van der Waals surface area contributed by atoms with Gasteiger partial charge in [0.1, 0.15) is 6.07 Å². The molecule has 3 aliphatic rings. The van der Waals surface area contributed by atoms with Crippen molar-refractivity contribution in [3.63, 3.8) is 0 Å². The molecular formula is C27H32N6O3. The molecule has 5 rings (SSSR count). The summed E-state index contributed by atoms with van der Waals surface area (Å²) in [5, 5.41) is 24.2. The summed E-state index contributed by atoms with van der Waals surface area (Å²) >= 11 is 0. The van der Waals surface area contributed by atoms with Crippen molar-refractivity contribution in [3.8, 4) is 6.07 Å². The first-order valence-corrected chi connectivity index (χ1v) is 12.8. The van der Waals surface area contributed by atoms with E-state index in [0.717, 1.165) is 36.6 Å². The molecule has 0 bridgehead atoms. The number of rotatable bonds is 6. The minimum Gasteiger partial charge on any atom is -0.367 e. The largest absolute Gasteiger partial charge is 0.367 e. The quantitative estimate of drug-likeness (QED) is 0.492. The molecule has 1 amide bonds. The molecule has 3 aliphatic heterocycles. The lowest BCUT2D eigenvalue weighted by Gasteiger charge is -2.49. The Kier molecular flexibility index (Phi) is 7.05. The molecule has 0 saturated carbocycles. The molecule has 2 fully saturated rings. The third-order valence-electron chi connectivity index (χ3n) is 7.78. The Morgan fingerprint density at radius 3 is 2.67 bits per heavy atom. The zero-order valence-corrected chi connectivity index (χ0v) is 20.4. The molecule has 0 radical (unpaired) electrons. The Labute approximate surface area is 211 Å². The van der Waals surface area contributed by atoms with Gasteiger partial charge in [0.05, 0.1) is 28.1 Å². The van der Waals surface area contributed by atoms with Crippen LogP contribution in [-0.4, -0.2) is 67.6 Å². The molecule has 188 valence electrons. The Bertz CT molecular complexity index is 1170. The second-order valence-electron chi connectivity index (χ2n) is 9.91. The van der Waals surface area contributed by atoms with Crippen LogP contribution in [-0.2, 0) is 11.2 Å². The average molecular weight is 489 g/mol. The number of anilines is 2. The third kappa shape index (κ3) is 4.86.